The highest BCUT2D eigenvalue weighted by atomic mass is 32.2. The third-order valence-electron chi connectivity index (χ3n) is 4.53. The molecule has 8 heteroatoms. The number of nitrogens with one attached hydrogen (secondary N) is 1. The molecule has 0 unspecified atom stereocenters. The zero-order valence-electron chi connectivity index (χ0n) is 15.3. The maximum Gasteiger partial charge on any atom is 0.251 e. The van der Waals surface area contributed by atoms with Gasteiger partial charge in [0.2, 0.25) is 10.0 Å². The molecule has 1 aromatic heterocycles. The van der Waals surface area contributed by atoms with Crippen LogP contribution in [-0.4, -0.2) is 43.5 Å². The molecule has 1 N–H and O–H groups in total. The van der Waals surface area contributed by atoms with Crippen molar-refractivity contribution >= 4 is 21.6 Å². The zero-order chi connectivity index (χ0) is 18.9. The number of hydrogen-bond donors (Lipinski definition) is 1. The molecule has 0 bridgehead atoms. The largest absolute Gasteiger partial charge is 0.352 e. The van der Waals surface area contributed by atoms with Crippen LogP contribution in [0.15, 0.2) is 24.3 Å². The summed E-state index contributed by atoms with van der Waals surface area (Å²) in [7, 11) is -3.27. The summed E-state index contributed by atoms with van der Waals surface area (Å²) in [6, 6.07) is 7.21. The first-order valence-corrected chi connectivity index (χ1v) is 10.5. The topological polar surface area (TPSA) is 84.3 Å². The summed E-state index contributed by atoms with van der Waals surface area (Å²) in [6.45, 7) is 5.73. The van der Waals surface area contributed by atoms with Crippen LogP contribution in [0, 0.1) is 13.8 Å². The standard InChI is InChI=1S/C18H24N4O3S/c1-13-11-14(2)21(20-13)9-4-8-19-18(23)16-5-6-17-15(12-16)7-10-22(17)26(3,24)25/h5-6,11-12H,4,7-10H2,1-3H3,(H,19,23). The lowest BCUT2D eigenvalue weighted by Gasteiger charge is -2.16. The highest BCUT2D eigenvalue weighted by Gasteiger charge is 2.26. The predicted octanol–water partition coefficient (Wildman–Crippen LogP) is 1.64. The van der Waals surface area contributed by atoms with Gasteiger partial charge in [0.15, 0.2) is 0 Å². The third kappa shape index (κ3) is 3.90. The van der Waals surface area contributed by atoms with Crippen molar-refractivity contribution in [1.82, 2.24) is 15.1 Å². The molecule has 0 spiro atoms. The Labute approximate surface area is 154 Å². The molecule has 1 aromatic carbocycles. The van der Waals surface area contributed by atoms with Crippen molar-refractivity contribution < 1.29 is 13.2 Å². The van der Waals surface area contributed by atoms with E-state index in [1.165, 1.54) is 10.6 Å². The van der Waals surface area contributed by atoms with E-state index in [1.807, 2.05) is 24.6 Å². The van der Waals surface area contributed by atoms with Gasteiger partial charge in [0, 0.05) is 30.9 Å². The van der Waals surface area contributed by atoms with Crippen LogP contribution in [0.4, 0.5) is 5.69 Å². The minimum Gasteiger partial charge on any atom is -0.352 e. The Morgan fingerprint density at radius 3 is 2.69 bits per heavy atom. The molecule has 3 rings (SSSR count). The van der Waals surface area contributed by atoms with Gasteiger partial charge in [-0.1, -0.05) is 0 Å². The highest BCUT2D eigenvalue weighted by Crippen LogP contribution is 2.30. The Morgan fingerprint density at radius 2 is 2.04 bits per heavy atom. The molecule has 0 aliphatic carbocycles. The van der Waals surface area contributed by atoms with Crippen molar-refractivity contribution in [3.63, 3.8) is 0 Å². The molecule has 1 aliphatic rings. The molecule has 0 saturated carbocycles. The van der Waals surface area contributed by atoms with Gasteiger partial charge in [-0.05, 0) is 56.5 Å². The average molecular weight is 376 g/mol. The average Bonchev–Trinajstić information content (AvgIpc) is 3.13. The molecule has 0 atom stereocenters. The second-order valence-electron chi connectivity index (χ2n) is 6.69. The Kier molecular flexibility index (Phi) is 5.04. The Morgan fingerprint density at radius 1 is 1.27 bits per heavy atom. The monoisotopic (exact) mass is 376 g/mol. The normalized spacial score (nSPS) is 13.7. The second kappa shape index (κ2) is 7.11. The Balaban J connectivity index is 1.57. The fourth-order valence-corrected chi connectivity index (χ4v) is 4.25. The number of carbonyl (C=O) groups excluding carboxylic acids is 1. The lowest BCUT2D eigenvalue weighted by molar-refractivity contribution is 0.0952. The van der Waals surface area contributed by atoms with E-state index < -0.39 is 10.0 Å². The summed E-state index contributed by atoms with van der Waals surface area (Å²) < 4.78 is 26.9. The SMILES string of the molecule is Cc1cc(C)n(CCCNC(=O)c2ccc3c(c2)CCN3S(C)(=O)=O)n1. The number of anilines is 1. The van der Waals surface area contributed by atoms with Gasteiger partial charge in [0.25, 0.3) is 5.91 Å². The van der Waals surface area contributed by atoms with Crippen molar-refractivity contribution in [3.8, 4) is 0 Å². The number of benzene rings is 1. The summed E-state index contributed by atoms with van der Waals surface area (Å²) in [5, 5.41) is 7.32. The van der Waals surface area contributed by atoms with Crippen molar-refractivity contribution in [2.75, 3.05) is 23.7 Å². The van der Waals surface area contributed by atoms with E-state index in [-0.39, 0.29) is 5.91 Å². The molecule has 7 nitrogen and oxygen atoms in total. The van der Waals surface area contributed by atoms with Crippen molar-refractivity contribution in [3.05, 3.63) is 46.8 Å². The summed E-state index contributed by atoms with van der Waals surface area (Å²) >= 11 is 0. The second-order valence-corrected chi connectivity index (χ2v) is 8.60. The number of amides is 1. The Bertz CT molecular complexity index is 934. The van der Waals surface area contributed by atoms with Crippen molar-refractivity contribution in [1.29, 1.82) is 0 Å². The van der Waals surface area contributed by atoms with E-state index in [0.29, 0.717) is 30.8 Å². The van der Waals surface area contributed by atoms with Gasteiger partial charge in [-0.3, -0.25) is 13.8 Å². The number of sulfonamides is 1. The van der Waals surface area contributed by atoms with Crippen LogP contribution < -0.4 is 9.62 Å². The van der Waals surface area contributed by atoms with Gasteiger partial charge in [0.05, 0.1) is 17.6 Å². The predicted molar refractivity (Wildman–Crippen MR) is 101 cm³/mol. The maximum absolute atomic E-state index is 12.3. The van der Waals surface area contributed by atoms with Crippen molar-refractivity contribution in [2.45, 2.75) is 33.2 Å². The number of fused-ring (bicyclic) bond motifs is 1. The lowest BCUT2D eigenvalue weighted by atomic mass is 10.1. The summed E-state index contributed by atoms with van der Waals surface area (Å²) in [4.78, 5) is 12.3. The fourth-order valence-electron chi connectivity index (χ4n) is 3.29. The minimum atomic E-state index is -3.27. The van der Waals surface area contributed by atoms with E-state index in [0.717, 1.165) is 29.9 Å². The quantitative estimate of drug-likeness (QED) is 0.777. The van der Waals surface area contributed by atoms with Crippen LogP contribution >= 0.6 is 0 Å². The van der Waals surface area contributed by atoms with Crippen molar-refractivity contribution in [2.24, 2.45) is 0 Å². The smallest absolute Gasteiger partial charge is 0.251 e. The number of nitrogens with zero attached hydrogens (tertiary/aromatic N) is 3. The van der Waals surface area contributed by atoms with Crippen LogP contribution in [0.2, 0.25) is 0 Å². The van der Waals surface area contributed by atoms with Gasteiger partial charge in [-0.15, -0.1) is 0 Å². The van der Waals surface area contributed by atoms with Gasteiger partial charge in [0.1, 0.15) is 0 Å². The zero-order valence-corrected chi connectivity index (χ0v) is 16.1. The molecule has 0 saturated heterocycles. The molecule has 140 valence electrons. The van der Waals surface area contributed by atoms with Crippen LogP contribution in [0.1, 0.15) is 33.7 Å². The molecule has 1 aliphatic heterocycles. The number of carbonyl (C=O) groups is 1. The molecule has 2 heterocycles. The third-order valence-corrected chi connectivity index (χ3v) is 5.71. The molecule has 26 heavy (non-hydrogen) atoms. The summed E-state index contributed by atoms with van der Waals surface area (Å²) in [5.41, 5.74) is 4.24. The van der Waals surface area contributed by atoms with Gasteiger partial charge in [-0.2, -0.15) is 5.10 Å². The number of rotatable bonds is 6. The van der Waals surface area contributed by atoms with Gasteiger partial charge < -0.3 is 5.32 Å². The molecule has 0 fully saturated rings. The molecule has 0 radical (unpaired) electrons. The Hall–Kier alpha value is -2.35. The number of aromatic nitrogens is 2. The van der Waals surface area contributed by atoms with Gasteiger partial charge >= 0.3 is 0 Å². The van der Waals surface area contributed by atoms with E-state index >= 15 is 0 Å². The van der Waals surface area contributed by atoms with Gasteiger partial charge in [-0.25, -0.2) is 8.42 Å². The molecular weight excluding hydrogens is 352 g/mol. The first-order chi connectivity index (χ1) is 12.3. The van der Waals surface area contributed by atoms with Crippen LogP contribution in [0.5, 0.6) is 0 Å². The van der Waals surface area contributed by atoms with Crippen LogP contribution in [0.3, 0.4) is 0 Å². The summed E-state index contributed by atoms with van der Waals surface area (Å²) in [6.07, 6.45) is 2.62. The number of aryl methyl sites for hydroxylation is 3. The first-order valence-electron chi connectivity index (χ1n) is 8.65. The molecule has 2 aromatic rings. The van der Waals surface area contributed by atoms with E-state index in [4.69, 9.17) is 0 Å². The maximum atomic E-state index is 12.3. The summed E-state index contributed by atoms with van der Waals surface area (Å²) in [5.74, 6) is -0.140. The van der Waals surface area contributed by atoms with Crippen LogP contribution in [-0.2, 0) is 23.0 Å². The van der Waals surface area contributed by atoms with Crippen LogP contribution in [0.25, 0.3) is 0 Å². The van der Waals surface area contributed by atoms with E-state index in [2.05, 4.69) is 10.4 Å². The molecular formula is C18H24N4O3S. The first kappa shape index (κ1) is 18.4. The van der Waals surface area contributed by atoms with E-state index in [9.17, 15) is 13.2 Å². The number of hydrogen-bond acceptors (Lipinski definition) is 4. The minimum absolute atomic E-state index is 0.140. The fraction of sp³-hybridized carbons (Fsp3) is 0.444. The highest BCUT2D eigenvalue weighted by molar-refractivity contribution is 7.92. The lowest BCUT2D eigenvalue weighted by Crippen LogP contribution is -2.27. The molecule has 1 amide bonds. The van der Waals surface area contributed by atoms with E-state index in [1.54, 1.807) is 18.2 Å².